The van der Waals surface area contributed by atoms with Crippen molar-refractivity contribution in [2.45, 2.75) is 6.18 Å². The van der Waals surface area contributed by atoms with Crippen molar-refractivity contribution in [3.63, 3.8) is 0 Å². The number of halogens is 3. The Kier molecular flexibility index (Phi) is 4.11. The molecule has 0 atom stereocenters. The maximum atomic E-state index is 12.9. The zero-order chi connectivity index (χ0) is 18.9. The number of fused-ring (bicyclic) bond motifs is 1. The first-order chi connectivity index (χ1) is 13.0. The lowest BCUT2D eigenvalue weighted by Gasteiger charge is -2.08. The molecule has 2 N–H and O–H groups in total. The average Bonchev–Trinajstić information content (AvgIpc) is 3.06. The molecule has 136 valence electrons. The van der Waals surface area contributed by atoms with Crippen molar-refractivity contribution in [2.24, 2.45) is 0 Å². The van der Waals surface area contributed by atoms with Crippen molar-refractivity contribution in [2.75, 3.05) is 10.6 Å². The summed E-state index contributed by atoms with van der Waals surface area (Å²) in [6, 6.07) is 14.3. The summed E-state index contributed by atoms with van der Waals surface area (Å²) in [6.07, 6.45) is -1.25. The Balaban J connectivity index is 1.64. The predicted molar refractivity (Wildman–Crippen MR) is 95.2 cm³/mol. The van der Waals surface area contributed by atoms with E-state index in [9.17, 15) is 13.2 Å². The molecule has 0 radical (unpaired) electrons. The van der Waals surface area contributed by atoms with Crippen molar-refractivity contribution in [3.05, 3.63) is 72.6 Å². The van der Waals surface area contributed by atoms with Gasteiger partial charge in [-0.1, -0.05) is 24.3 Å². The smallest absolute Gasteiger partial charge is 0.337 e. The Bertz CT molecular complexity index is 1080. The maximum Gasteiger partial charge on any atom is 0.416 e. The molecule has 0 saturated heterocycles. The van der Waals surface area contributed by atoms with Crippen LogP contribution < -0.4 is 10.6 Å². The minimum Gasteiger partial charge on any atom is -0.337 e. The van der Waals surface area contributed by atoms with E-state index in [0.717, 1.165) is 17.8 Å². The summed E-state index contributed by atoms with van der Waals surface area (Å²) in [5.41, 5.74) is 0.764. The van der Waals surface area contributed by atoms with Crippen molar-refractivity contribution in [1.82, 2.24) is 19.6 Å². The molecule has 0 aliphatic carbocycles. The molecule has 27 heavy (non-hydrogen) atoms. The molecule has 0 aliphatic heterocycles. The van der Waals surface area contributed by atoms with Gasteiger partial charge in [0.1, 0.15) is 0 Å². The van der Waals surface area contributed by atoms with Crippen LogP contribution in [0.1, 0.15) is 5.56 Å². The highest BCUT2D eigenvalue weighted by Crippen LogP contribution is 2.31. The number of benzene rings is 2. The lowest BCUT2D eigenvalue weighted by atomic mass is 10.2. The zero-order valence-electron chi connectivity index (χ0n) is 13.8. The number of rotatable bonds is 4. The van der Waals surface area contributed by atoms with Crippen LogP contribution in [0.5, 0.6) is 0 Å². The van der Waals surface area contributed by atoms with Crippen LogP contribution in [-0.4, -0.2) is 19.6 Å². The summed E-state index contributed by atoms with van der Waals surface area (Å²) in [4.78, 5) is 8.59. The van der Waals surface area contributed by atoms with Crippen LogP contribution in [-0.2, 0) is 6.18 Å². The molecule has 0 aliphatic rings. The normalized spacial score (nSPS) is 11.5. The molecule has 9 heteroatoms. The third kappa shape index (κ3) is 3.66. The highest BCUT2D eigenvalue weighted by atomic mass is 19.4. The van der Waals surface area contributed by atoms with Crippen LogP contribution in [0.4, 0.5) is 36.3 Å². The zero-order valence-corrected chi connectivity index (χ0v) is 13.8. The van der Waals surface area contributed by atoms with Crippen LogP contribution in [0.25, 0.3) is 5.65 Å². The van der Waals surface area contributed by atoms with Gasteiger partial charge in [0.15, 0.2) is 5.82 Å². The van der Waals surface area contributed by atoms with Crippen molar-refractivity contribution >= 4 is 28.8 Å². The monoisotopic (exact) mass is 370 g/mol. The van der Waals surface area contributed by atoms with Crippen molar-refractivity contribution in [1.29, 1.82) is 0 Å². The summed E-state index contributed by atoms with van der Waals surface area (Å²) >= 11 is 0. The fraction of sp³-hybridized carbons (Fsp3) is 0.0556. The quantitative estimate of drug-likeness (QED) is 0.548. The van der Waals surface area contributed by atoms with Gasteiger partial charge in [0.2, 0.25) is 11.6 Å². The van der Waals surface area contributed by atoms with E-state index in [-0.39, 0.29) is 11.6 Å². The Labute approximate surface area is 151 Å². The molecule has 0 fully saturated rings. The molecule has 4 rings (SSSR count). The second-order valence-electron chi connectivity index (χ2n) is 5.67. The summed E-state index contributed by atoms with van der Waals surface area (Å²) in [7, 11) is 0. The molecular formula is C18H13F3N6. The van der Waals surface area contributed by atoms with Crippen molar-refractivity contribution < 1.29 is 13.2 Å². The highest BCUT2D eigenvalue weighted by Gasteiger charge is 2.30. The van der Waals surface area contributed by atoms with Gasteiger partial charge in [-0.25, -0.2) is 9.50 Å². The minimum atomic E-state index is -4.42. The number of alkyl halides is 3. The topological polar surface area (TPSA) is 67.1 Å². The molecular weight excluding hydrogens is 357 g/mol. The molecule has 0 amide bonds. The molecule has 2 aromatic heterocycles. The average molecular weight is 370 g/mol. The highest BCUT2D eigenvalue weighted by molar-refractivity contribution is 5.71. The number of hydrogen-bond donors (Lipinski definition) is 2. The summed E-state index contributed by atoms with van der Waals surface area (Å²) < 4.78 is 40.1. The minimum absolute atomic E-state index is 0.165. The SMILES string of the molecule is FC(F)(F)c1cccc(Nc2nc3c(Nc4ccccc4)nccn3n2)c1. The van der Waals surface area contributed by atoms with Crippen LogP contribution in [0, 0.1) is 0 Å². The number of hydrogen-bond acceptors (Lipinski definition) is 5. The van der Waals surface area contributed by atoms with E-state index in [1.54, 1.807) is 12.4 Å². The van der Waals surface area contributed by atoms with Crippen LogP contribution in [0.3, 0.4) is 0 Å². The second kappa shape index (κ2) is 6.60. The van der Waals surface area contributed by atoms with Gasteiger partial charge in [0, 0.05) is 23.8 Å². The number of para-hydroxylation sites is 1. The van der Waals surface area contributed by atoms with Crippen LogP contribution >= 0.6 is 0 Å². The standard InChI is InChI=1S/C18H13F3N6/c19-18(20,21)12-5-4-8-14(11-12)24-17-25-16-15(22-9-10-27(16)26-17)23-13-6-2-1-3-7-13/h1-11H,(H,22,23)(H,24,26). The summed E-state index contributed by atoms with van der Waals surface area (Å²) in [5, 5.41) is 10.2. The summed E-state index contributed by atoms with van der Waals surface area (Å²) in [5.74, 6) is 0.645. The molecule has 0 unspecified atom stereocenters. The fourth-order valence-electron chi connectivity index (χ4n) is 2.52. The molecule has 0 saturated carbocycles. The van der Waals surface area contributed by atoms with Gasteiger partial charge in [0.05, 0.1) is 5.56 Å². The molecule has 2 aromatic carbocycles. The first-order valence-corrected chi connectivity index (χ1v) is 7.97. The van der Waals surface area contributed by atoms with E-state index >= 15 is 0 Å². The van der Waals surface area contributed by atoms with E-state index in [1.165, 1.54) is 16.6 Å². The third-order valence-electron chi connectivity index (χ3n) is 3.74. The summed E-state index contributed by atoms with van der Waals surface area (Å²) in [6.45, 7) is 0. The van der Waals surface area contributed by atoms with Gasteiger partial charge in [-0.05, 0) is 30.3 Å². The lowest BCUT2D eigenvalue weighted by molar-refractivity contribution is -0.137. The van der Waals surface area contributed by atoms with Gasteiger partial charge in [-0.3, -0.25) is 0 Å². The van der Waals surface area contributed by atoms with Gasteiger partial charge in [0.25, 0.3) is 0 Å². The van der Waals surface area contributed by atoms with E-state index in [4.69, 9.17) is 0 Å². The van der Waals surface area contributed by atoms with Crippen LogP contribution in [0.15, 0.2) is 67.0 Å². The van der Waals surface area contributed by atoms with E-state index in [2.05, 4.69) is 25.7 Å². The van der Waals surface area contributed by atoms with Gasteiger partial charge >= 0.3 is 6.18 Å². The van der Waals surface area contributed by atoms with E-state index in [0.29, 0.717) is 11.5 Å². The molecule has 0 spiro atoms. The maximum absolute atomic E-state index is 12.9. The first kappa shape index (κ1) is 16.8. The number of nitrogens with zero attached hydrogens (tertiary/aromatic N) is 4. The Morgan fingerprint density at radius 2 is 1.67 bits per heavy atom. The second-order valence-corrected chi connectivity index (χ2v) is 5.67. The van der Waals surface area contributed by atoms with E-state index in [1.807, 2.05) is 30.3 Å². The van der Waals surface area contributed by atoms with Gasteiger partial charge < -0.3 is 10.6 Å². The Morgan fingerprint density at radius 1 is 0.889 bits per heavy atom. The molecule has 6 nitrogen and oxygen atoms in total. The van der Waals surface area contributed by atoms with Gasteiger partial charge in [-0.2, -0.15) is 18.2 Å². The van der Waals surface area contributed by atoms with Gasteiger partial charge in [-0.15, -0.1) is 5.10 Å². The predicted octanol–water partition coefficient (Wildman–Crippen LogP) is 4.63. The Morgan fingerprint density at radius 3 is 2.44 bits per heavy atom. The number of nitrogens with one attached hydrogen (secondary N) is 2. The lowest BCUT2D eigenvalue weighted by Crippen LogP contribution is -2.05. The number of aromatic nitrogens is 4. The molecule has 0 bridgehead atoms. The molecule has 4 aromatic rings. The third-order valence-corrected chi connectivity index (χ3v) is 3.74. The first-order valence-electron chi connectivity index (χ1n) is 7.97. The fourth-order valence-corrected chi connectivity index (χ4v) is 2.52. The number of anilines is 4. The Hall–Kier alpha value is -3.62. The van der Waals surface area contributed by atoms with E-state index < -0.39 is 11.7 Å². The largest absolute Gasteiger partial charge is 0.416 e. The molecule has 2 heterocycles. The van der Waals surface area contributed by atoms with Crippen molar-refractivity contribution in [3.8, 4) is 0 Å². The van der Waals surface area contributed by atoms with Crippen LogP contribution in [0.2, 0.25) is 0 Å².